The van der Waals surface area contributed by atoms with Gasteiger partial charge in [-0.3, -0.25) is 9.59 Å². The van der Waals surface area contributed by atoms with Crippen LogP contribution in [0.5, 0.6) is 0 Å². The lowest BCUT2D eigenvalue weighted by molar-refractivity contribution is -0.116. The van der Waals surface area contributed by atoms with Gasteiger partial charge in [-0.2, -0.15) is 0 Å². The lowest BCUT2D eigenvalue weighted by Crippen LogP contribution is -2.27. The normalized spacial score (nSPS) is 11.0. The van der Waals surface area contributed by atoms with Crippen molar-refractivity contribution < 1.29 is 18.0 Å². The lowest BCUT2D eigenvalue weighted by atomic mass is 10.2. The van der Waals surface area contributed by atoms with Crippen molar-refractivity contribution in [3.05, 3.63) is 53.0 Å². The Hall–Kier alpha value is -2.23. The smallest absolute Gasteiger partial charge is 0.240 e. The predicted octanol–water partition coefficient (Wildman–Crippen LogP) is 3.10. The minimum Gasteiger partial charge on any atom is -0.326 e. The molecular weight excluding hydrogens is 434 g/mol. The molecule has 2 aromatic rings. The van der Waals surface area contributed by atoms with Gasteiger partial charge >= 0.3 is 0 Å². The van der Waals surface area contributed by atoms with Crippen molar-refractivity contribution in [2.75, 3.05) is 17.2 Å². The van der Waals surface area contributed by atoms with Crippen molar-refractivity contribution in [3.63, 3.8) is 0 Å². The van der Waals surface area contributed by atoms with Crippen molar-refractivity contribution >= 4 is 49.1 Å². The molecule has 0 saturated heterocycles. The Kier molecular flexibility index (Phi) is 7.52. The number of carbonyl (C=O) groups is 2. The van der Waals surface area contributed by atoms with Gasteiger partial charge in [0.25, 0.3) is 0 Å². The summed E-state index contributed by atoms with van der Waals surface area (Å²) in [6.45, 7) is 1.74. The van der Waals surface area contributed by atoms with E-state index in [-0.39, 0.29) is 29.7 Å². The standard InChI is InChI=1S/C18H20BrN3O4S/c1-2-17(23)21-14-5-7-15(8-6-14)22-18(24)11-12-20-27(25,26)16-9-3-13(19)4-10-16/h3-10,20H,2,11-12H2,1H3,(H,21,23)(H,22,24). The van der Waals surface area contributed by atoms with Crippen LogP contribution in [-0.4, -0.2) is 26.8 Å². The zero-order valence-electron chi connectivity index (χ0n) is 14.7. The molecule has 2 aromatic carbocycles. The summed E-state index contributed by atoms with van der Waals surface area (Å²) in [7, 11) is -3.66. The molecule has 0 unspecified atom stereocenters. The Morgan fingerprint density at radius 1 is 0.889 bits per heavy atom. The van der Waals surface area contributed by atoms with Crippen molar-refractivity contribution in [2.24, 2.45) is 0 Å². The number of amides is 2. The van der Waals surface area contributed by atoms with E-state index in [0.717, 1.165) is 4.47 Å². The third kappa shape index (κ3) is 6.78. The van der Waals surface area contributed by atoms with E-state index in [1.165, 1.54) is 12.1 Å². The maximum atomic E-state index is 12.1. The molecule has 0 aliphatic heterocycles. The molecule has 27 heavy (non-hydrogen) atoms. The fraction of sp³-hybridized carbons (Fsp3) is 0.222. The summed E-state index contributed by atoms with van der Waals surface area (Å²) in [5, 5.41) is 5.39. The third-order valence-electron chi connectivity index (χ3n) is 3.54. The van der Waals surface area contributed by atoms with Gasteiger partial charge in [0.1, 0.15) is 0 Å². The summed E-state index contributed by atoms with van der Waals surface area (Å²) >= 11 is 3.25. The number of anilines is 2. The molecule has 2 amide bonds. The molecule has 2 rings (SSSR count). The first-order valence-corrected chi connectivity index (χ1v) is 10.5. The van der Waals surface area contributed by atoms with Crippen LogP contribution in [-0.2, 0) is 19.6 Å². The van der Waals surface area contributed by atoms with Gasteiger partial charge in [0.15, 0.2) is 0 Å². The van der Waals surface area contributed by atoms with E-state index in [4.69, 9.17) is 0 Å². The molecule has 0 spiro atoms. The van der Waals surface area contributed by atoms with Crippen LogP contribution in [0.4, 0.5) is 11.4 Å². The molecule has 7 nitrogen and oxygen atoms in total. The molecule has 9 heteroatoms. The van der Waals surface area contributed by atoms with Crippen LogP contribution in [0.15, 0.2) is 57.9 Å². The fourth-order valence-electron chi connectivity index (χ4n) is 2.11. The Labute approximate surface area is 166 Å². The van der Waals surface area contributed by atoms with E-state index in [0.29, 0.717) is 17.8 Å². The van der Waals surface area contributed by atoms with Gasteiger partial charge in [0, 0.05) is 35.2 Å². The molecule has 0 fully saturated rings. The highest BCUT2D eigenvalue weighted by atomic mass is 79.9. The summed E-state index contributed by atoms with van der Waals surface area (Å²) in [6.07, 6.45) is 0.374. The zero-order valence-corrected chi connectivity index (χ0v) is 17.1. The first-order valence-electron chi connectivity index (χ1n) is 8.25. The van der Waals surface area contributed by atoms with Gasteiger partial charge in [0.2, 0.25) is 21.8 Å². The number of carbonyl (C=O) groups excluding carboxylic acids is 2. The molecule has 144 valence electrons. The van der Waals surface area contributed by atoms with E-state index in [1.807, 2.05) is 0 Å². The van der Waals surface area contributed by atoms with E-state index < -0.39 is 10.0 Å². The first-order chi connectivity index (χ1) is 12.8. The molecule has 0 saturated carbocycles. The molecule has 0 aromatic heterocycles. The largest absolute Gasteiger partial charge is 0.326 e. The first kappa shape index (κ1) is 21.1. The average Bonchev–Trinajstić information content (AvgIpc) is 2.63. The Morgan fingerprint density at radius 2 is 1.41 bits per heavy atom. The highest BCUT2D eigenvalue weighted by Gasteiger charge is 2.14. The highest BCUT2D eigenvalue weighted by Crippen LogP contribution is 2.15. The van der Waals surface area contributed by atoms with Gasteiger partial charge < -0.3 is 10.6 Å². The SMILES string of the molecule is CCC(=O)Nc1ccc(NC(=O)CCNS(=O)(=O)c2ccc(Br)cc2)cc1. The monoisotopic (exact) mass is 453 g/mol. The number of rotatable bonds is 8. The van der Waals surface area contributed by atoms with Crippen LogP contribution in [0.1, 0.15) is 19.8 Å². The molecule has 0 radical (unpaired) electrons. The van der Waals surface area contributed by atoms with Gasteiger partial charge in [-0.25, -0.2) is 13.1 Å². The van der Waals surface area contributed by atoms with Crippen molar-refractivity contribution in [1.82, 2.24) is 4.72 Å². The van der Waals surface area contributed by atoms with Crippen LogP contribution < -0.4 is 15.4 Å². The van der Waals surface area contributed by atoms with Gasteiger partial charge in [-0.1, -0.05) is 22.9 Å². The molecule has 3 N–H and O–H groups in total. The van der Waals surface area contributed by atoms with Crippen LogP contribution >= 0.6 is 15.9 Å². The van der Waals surface area contributed by atoms with Gasteiger partial charge in [-0.15, -0.1) is 0 Å². The van der Waals surface area contributed by atoms with E-state index in [1.54, 1.807) is 43.3 Å². The lowest BCUT2D eigenvalue weighted by Gasteiger charge is -2.09. The number of halogens is 1. The fourth-order valence-corrected chi connectivity index (χ4v) is 3.40. The molecule has 0 aliphatic carbocycles. The number of nitrogens with one attached hydrogen (secondary N) is 3. The number of benzene rings is 2. The van der Waals surface area contributed by atoms with Crippen LogP contribution in [0, 0.1) is 0 Å². The van der Waals surface area contributed by atoms with E-state index in [9.17, 15) is 18.0 Å². The topological polar surface area (TPSA) is 104 Å². The molecular formula is C18H20BrN3O4S. The van der Waals surface area contributed by atoms with E-state index in [2.05, 4.69) is 31.3 Å². The predicted molar refractivity (Wildman–Crippen MR) is 108 cm³/mol. The molecule has 0 aliphatic rings. The number of sulfonamides is 1. The summed E-state index contributed by atoms with van der Waals surface area (Å²) < 4.78 is 27.5. The van der Waals surface area contributed by atoms with Crippen molar-refractivity contribution in [3.8, 4) is 0 Å². The Bertz CT molecular complexity index is 897. The second kappa shape index (κ2) is 9.63. The molecule has 0 bridgehead atoms. The summed E-state index contributed by atoms with van der Waals surface area (Å²) in [5.74, 6) is -0.413. The van der Waals surface area contributed by atoms with Crippen LogP contribution in [0.25, 0.3) is 0 Å². The van der Waals surface area contributed by atoms with E-state index >= 15 is 0 Å². The number of hydrogen-bond donors (Lipinski definition) is 3. The Morgan fingerprint density at radius 3 is 1.93 bits per heavy atom. The number of hydrogen-bond acceptors (Lipinski definition) is 4. The second-order valence-corrected chi connectivity index (χ2v) is 8.31. The van der Waals surface area contributed by atoms with Crippen LogP contribution in [0.2, 0.25) is 0 Å². The third-order valence-corrected chi connectivity index (χ3v) is 5.55. The maximum absolute atomic E-state index is 12.1. The molecule has 0 atom stereocenters. The quantitative estimate of drug-likeness (QED) is 0.570. The van der Waals surface area contributed by atoms with Gasteiger partial charge in [-0.05, 0) is 48.5 Å². The minimum absolute atomic E-state index is 0.00984. The zero-order chi connectivity index (χ0) is 19.9. The average molecular weight is 454 g/mol. The summed E-state index contributed by atoms with van der Waals surface area (Å²) in [4.78, 5) is 23.4. The maximum Gasteiger partial charge on any atom is 0.240 e. The van der Waals surface area contributed by atoms with Gasteiger partial charge in [0.05, 0.1) is 4.90 Å². The van der Waals surface area contributed by atoms with Crippen LogP contribution in [0.3, 0.4) is 0 Å². The summed E-state index contributed by atoms with van der Waals surface area (Å²) in [6, 6.07) is 12.9. The summed E-state index contributed by atoms with van der Waals surface area (Å²) in [5.41, 5.74) is 1.20. The highest BCUT2D eigenvalue weighted by molar-refractivity contribution is 9.10. The molecule has 0 heterocycles. The minimum atomic E-state index is -3.66. The second-order valence-electron chi connectivity index (χ2n) is 5.63. The van der Waals surface area contributed by atoms with Crippen molar-refractivity contribution in [2.45, 2.75) is 24.7 Å². The van der Waals surface area contributed by atoms with Crippen molar-refractivity contribution in [1.29, 1.82) is 0 Å². The Balaban J connectivity index is 1.82.